The number of ether oxygens (including phenoxy) is 1. The van der Waals surface area contributed by atoms with E-state index in [4.69, 9.17) is 16.3 Å². The summed E-state index contributed by atoms with van der Waals surface area (Å²) in [7, 11) is 0. The second-order valence-corrected chi connectivity index (χ2v) is 6.01. The van der Waals surface area contributed by atoms with Gasteiger partial charge in [0.15, 0.2) is 0 Å². The van der Waals surface area contributed by atoms with Crippen LogP contribution in [0.2, 0.25) is 5.02 Å². The lowest BCUT2D eigenvalue weighted by Gasteiger charge is -2.12. The van der Waals surface area contributed by atoms with Crippen LogP contribution in [0.5, 0.6) is 5.75 Å². The van der Waals surface area contributed by atoms with E-state index in [-0.39, 0.29) is 10.9 Å². The average molecular weight is 386 g/mol. The van der Waals surface area contributed by atoms with Gasteiger partial charge in [0.05, 0.1) is 34.8 Å². The van der Waals surface area contributed by atoms with E-state index in [2.05, 4.69) is 15.6 Å². The number of para-hydroxylation sites is 2. The van der Waals surface area contributed by atoms with E-state index in [9.17, 15) is 9.18 Å². The van der Waals surface area contributed by atoms with Crippen molar-refractivity contribution in [2.24, 2.45) is 0 Å². The molecule has 0 bridgehead atoms. The number of carbonyl (C=O) groups is 1. The van der Waals surface area contributed by atoms with Crippen molar-refractivity contribution < 1.29 is 13.9 Å². The maximum atomic E-state index is 13.2. The summed E-state index contributed by atoms with van der Waals surface area (Å²) in [4.78, 5) is 16.5. The third kappa shape index (κ3) is 4.74. The second kappa shape index (κ2) is 8.51. The Labute approximate surface area is 161 Å². The van der Waals surface area contributed by atoms with Crippen LogP contribution in [0.1, 0.15) is 17.3 Å². The molecule has 7 heteroatoms. The second-order valence-electron chi connectivity index (χ2n) is 5.60. The summed E-state index contributed by atoms with van der Waals surface area (Å²) >= 11 is 5.74. The first-order chi connectivity index (χ1) is 13.1. The van der Waals surface area contributed by atoms with Gasteiger partial charge in [0, 0.05) is 11.9 Å². The molecule has 27 heavy (non-hydrogen) atoms. The van der Waals surface area contributed by atoms with Gasteiger partial charge >= 0.3 is 0 Å². The van der Waals surface area contributed by atoms with Crippen LogP contribution < -0.4 is 15.4 Å². The van der Waals surface area contributed by atoms with Crippen LogP contribution in [0.4, 0.5) is 21.5 Å². The summed E-state index contributed by atoms with van der Waals surface area (Å²) in [6, 6.07) is 13.1. The molecule has 0 atom stereocenters. The molecule has 0 aliphatic heterocycles. The third-order valence-electron chi connectivity index (χ3n) is 3.64. The number of pyridine rings is 1. The number of nitrogens with one attached hydrogen (secondary N) is 2. The molecule has 0 fully saturated rings. The summed E-state index contributed by atoms with van der Waals surface area (Å²) < 4.78 is 18.8. The van der Waals surface area contributed by atoms with Gasteiger partial charge in [0.25, 0.3) is 5.91 Å². The molecule has 2 N–H and O–H groups in total. The molecule has 2 aromatic carbocycles. The van der Waals surface area contributed by atoms with Gasteiger partial charge in [0.2, 0.25) is 0 Å². The van der Waals surface area contributed by atoms with E-state index < -0.39 is 5.82 Å². The van der Waals surface area contributed by atoms with Crippen molar-refractivity contribution in [2.45, 2.75) is 6.92 Å². The fraction of sp³-hybridized carbons (Fsp3) is 0.100. The lowest BCUT2D eigenvalue weighted by Crippen LogP contribution is -2.12. The quantitative estimate of drug-likeness (QED) is 0.606. The molecule has 0 aliphatic carbocycles. The van der Waals surface area contributed by atoms with Crippen molar-refractivity contribution in [1.29, 1.82) is 0 Å². The van der Waals surface area contributed by atoms with Crippen molar-refractivity contribution in [3.8, 4) is 5.75 Å². The zero-order valence-corrected chi connectivity index (χ0v) is 15.3. The fourth-order valence-corrected chi connectivity index (χ4v) is 2.60. The van der Waals surface area contributed by atoms with Crippen molar-refractivity contribution in [1.82, 2.24) is 4.98 Å². The topological polar surface area (TPSA) is 63.2 Å². The molecule has 0 saturated heterocycles. The fourth-order valence-electron chi connectivity index (χ4n) is 2.42. The number of aromatic nitrogens is 1. The van der Waals surface area contributed by atoms with Crippen LogP contribution in [0.3, 0.4) is 0 Å². The van der Waals surface area contributed by atoms with E-state index in [1.165, 1.54) is 24.4 Å². The van der Waals surface area contributed by atoms with Gasteiger partial charge in [-0.25, -0.2) is 4.39 Å². The first-order valence-electron chi connectivity index (χ1n) is 8.27. The van der Waals surface area contributed by atoms with Crippen LogP contribution in [0.15, 0.2) is 60.9 Å². The molecule has 1 heterocycles. The first-order valence-corrected chi connectivity index (χ1v) is 8.65. The Morgan fingerprint density at radius 1 is 1.15 bits per heavy atom. The smallest absolute Gasteiger partial charge is 0.257 e. The van der Waals surface area contributed by atoms with Crippen molar-refractivity contribution in [3.05, 3.63) is 77.3 Å². The Morgan fingerprint density at radius 3 is 2.74 bits per heavy atom. The van der Waals surface area contributed by atoms with Gasteiger partial charge < -0.3 is 15.4 Å². The molecule has 138 valence electrons. The van der Waals surface area contributed by atoms with Gasteiger partial charge in [-0.05, 0) is 43.3 Å². The van der Waals surface area contributed by atoms with Crippen LogP contribution in [-0.4, -0.2) is 17.5 Å². The number of hydrogen-bond donors (Lipinski definition) is 2. The molecule has 0 aliphatic rings. The Balaban J connectivity index is 1.77. The zero-order valence-electron chi connectivity index (χ0n) is 14.5. The Hall–Kier alpha value is -3.12. The summed E-state index contributed by atoms with van der Waals surface area (Å²) in [5, 5.41) is 5.80. The third-order valence-corrected chi connectivity index (χ3v) is 3.93. The number of halogens is 2. The molecule has 0 spiro atoms. The zero-order chi connectivity index (χ0) is 19.2. The minimum Gasteiger partial charge on any atom is -0.492 e. The molecular formula is C20H17ClFN3O2. The number of anilines is 3. The van der Waals surface area contributed by atoms with Crippen LogP contribution in [0.25, 0.3) is 0 Å². The number of carbonyl (C=O) groups excluding carboxylic acids is 1. The van der Waals surface area contributed by atoms with Gasteiger partial charge in [-0.3, -0.25) is 9.78 Å². The lowest BCUT2D eigenvalue weighted by atomic mass is 10.2. The van der Waals surface area contributed by atoms with E-state index in [1.54, 1.807) is 12.3 Å². The van der Waals surface area contributed by atoms with Gasteiger partial charge in [-0.15, -0.1) is 0 Å². The van der Waals surface area contributed by atoms with Crippen molar-refractivity contribution in [2.75, 3.05) is 17.2 Å². The molecule has 3 aromatic rings. The SMILES string of the molecule is CCOc1ccccc1Nc1cncc(C(=O)Nc2ccc(F)c(Cl)c2)c1. The van der Waals surface area contributed by atoms with Crippen LogP contribution in [0, 0.1) is 5.82 Å². The minimum atomic E-state index is -0.546. The van der Waals surface area contributed by atoms with E-state index in [0.29, 0.717) is 29.3 Å². The van der Waals surface area contributed by atoms with Crippen molar-refractivity contribution >= 4 is 34.6 Å². The summed E-state index contributed by atoms with van der Waals surface area (Å²) in [5.74, 6) is -0.224. The Kier molecular flexibility index (Phi) is 5.88. The normalized spacial score (nSPS) is 10.3. The monoisotopic (exact) mass is 385 g/mol. The lowest BCUT2D eigenvalue weighted by molar-refractivity contribution is 0.102. The summed E-state index contributed by atoms with van der Waals surface area (Å²) in [5.41, 5.74) is 2.14. The maximum absolute atomic E-state index is 13.2. The Bertz CT molecular complexity index is 965. The maximum Gasteiger partial charge on any atom is 0.257 e. The van der Waals surface area contributed by atoms with Gasteiger partial charge in [-0.1, -0.05) is 23.7 Å². The number of amides is 1. The highest BCUT2D eigenvalue weighted by molar-refractivity contribution is 6.31. The molecule has 3 rings (SSSR count). The molecule has 1 aromatic heterocycles. The van der Waals surface area contributed by atoms with Crippen LogP contribution in [-0.2, 0) is 0 Å². The van der Waals surface area contributed by atoms with E-state index in [1.807, 2.05) is 31.2 Å². The predicted molar refractivity (Wildman–Crippen MR) is 104 cm³/mol. The number of hydrogen-bond acceptors (Lipinski definition) is 4. The highest BCUT2D eigenvalue weighted by Crippen LogP contribution is 2.27. The summed E-state index contributed by atoms with van der Waals surface area (Å²) in [6.07, 6.45) is 3.05. The number of benzene rings is 2. The van der Waals surface area contributed by atoms with Crippen molar-refractivity contribution in [3.63, 3.8) is 0 Å². The standard InChI is InChI=1S/C20H17ClFN3O2/c1-2-27-19-6-4-3-5-18(19)24-15-9-13(11-23-12-15)20(26)25-14-7-8-17(22)16(21)10-14/h3-12,24H,2H2,1H3,(H,25,26). The first kappa shape index (κ1) is 18.7. The molecular weight excluding hydrogens is 369 g/mol. The molecule has 1 amide bonds. The largest absolute Gasteiger partial charge is 0.492 e. The number of nitrogens with zero attached hydrogens (tertiary/aromatic N) is 1. The number of rotatable bonds is 6. The van der Waals surface area contributed by atoms with Gasteiger partial charge in [0.1, 0.15) is 11.6 Å². The molecule has 0 saturated carbocycles. The predicted octanol–water partition coefficient (Wildman–Crippen LogP) is 5.27. The summed E-state index contributed by atoms with van der Waals surface area (Å²) in [6.45, 7) is 2.45. The average Bonchev–Trinajstić information content (AvgIpc) is 2.67. The molecule has 0 radical (unpaired) electrons. The van der Waals surface area contributed by atoms with E-state index in [0.717, 1.165) is 5.69 Å². The molecule has 5 nitrogen and oxygen atoms in total. The molecule has 0 unspecified atom stereocenters. The minimum absolute atomic E-state index is 0.0612. The Morgan fingerprint density at radius 2 is 1.96 bits per heavy atom. The van der Waals surface area contributed by atoms with E-state index >= 15 is 0 Å². The highest BCUT2D eigenvalue weighted by Gasteiger charge is 2.10. The van der Waals surface area contributed by atoms with Crippen LogP contribution >= 0.6 is 11.6 Å². The highest BCUT2D eigenvalue weighted by atomic mass is 35.5. The van der Waals surface area contributed by atoms with Gasteiger partial charge in [-0.2, -0.15) is 0 Å².